The molecule has 0 bridgehead atoms. The lowest BCUT2D eigenvalue weighted by Crippen LogP contribution is -2.39. The number of nitrogens with zero attached hydrogens (tertiary/aromatic N) is 4. The van der Waals surface area contributed by atoms with Crippen LogP contribution in [0.1, 0.15) is 36.8 Å². The van der Waals surface area contributed by atoms with Crippen molar-refractivity contribution < 1.29 is 4.79 Å². The number of likely N-dealkylation sites (tertiary alicyclic amines) is 1. The van der Waals surface area contributed by atoms with E-state index < -0.39 is 0 Å². The SMILES string of the molecule is CN=C(NCCCCN1CCC(C(N)=O)CC1)NCc1ccccc1Cn1cccn1.I. The molecular weight excluding hydrogens is 517 g/mol. The second-order valence-corrected chi connectivity index (χ2v) is 8.05. The standard InChI is InChI=1S/C23H35N7O.HI/c1-25-23(26-11-4-5-13-29-15-9-19(10-16-29)22(24)31)27-17-20-7-2-3-8-21(20)18-30-14-6-12-28-30;/h2-3,6-8,12,14,19H,4-5,9-11,13,15-18H2,1H3,(H2,24,31)(H2,25,26,27);1H. The third-order valence-corrected chi connectivity index (χ3v) is 5.86. The van der Waals surface area contributed by atoms with Gasteiger partial charge in [0.15, 0.2) is 5.96 Å². The molecule has 2 aromatic rings. The average molecular weight is 553 g/mol. The third kappa shape index (κ3) is 8.42. The van der Waals surface area contributed by atoms with Gasteiger partial charge in [-0.2, -0.15) is 5.10 Å². The molecule has 176 valence electrons. The summed E-state index contributed by atoms with van der Waals surface area (Å²) in [4.78, 5) is 18.0. The number of piperidine rings is 1. The average Bonchev–Trinajstić information content (AvgIpc) is 3.30. The molecule has 1 amide bonds. The van der Waals surface area contributed by atoms with Crippen molar-refractivity contribution in [2.75, 3.05) is 33.2 Å². The van der Waals surface area contributed by atoms with Crippen LogP contribution in [0.25, 0.3) is 0 Å². The van der Waals surface area contributed by atoms with Gasteiger partial charge in [-0.15, -0.1) is 24.0 Å². The molecule has 0 radical (unpaired) electrons. The largest absolute Gasteiger partial charge is 0.369 e. The van der Waals surface area contributed by atoms with Crippen molar-refractivity contribution in [3.8, 4) is 0 Å². The fourth-order valence-electron chi connectivity index (χ4n) is 3.96. The summed E-state index contributed by atoms with van der Waals surface area (Å²) in [7, 11) is 1.80. The Bertz CT molecular complexity index is 833. The highest BCUT2D eigenvalue weighted by atomic mass is 127. The number of amides is 1. The zero-order valence-corrected chi connectivity index (χ0v) is 21.2. The highest BCUT2D eigenvalue weighted by Crippen LogP contribution is 2.16. The number of hydrogen-bond donors (Lipinski definition) is 3. The van der Waals surface area contributed by atoms with Crippen molar-refractivity contribution in [1.82, 2.24) is 25.3 Å². The Balaban J connectivity index is 0.00000363. The van der Waals surface area contributed by atoms with Crippen LogP contribution in [0, 0.1) is 5.92 Å². The van der Waals surface area contributed by atoms with E-state index in [0.29, 0.717) is 6.54 Å². The van der Waals surface area contributed by atoms with Gasteiger partial charge >= 0.3 is 0 Å². The Labute approximate surface area is 208 Å². The molecule has 1 fully saturated rings. The molecule has 0 saturated carbocycles. The number of rotatable bonds is 10. The first-order valence-electron chi connectivity index (χ1n) is 11.2. The van der Waals surface area contributed by atoms with Crippen LogP contribution in [0.2, 0.25) is 0 Å². The minimum atomic E-state index is -0.147. The van der Waals surface area contributed by atoms with E-state index >= 15 is 0 Å². The molecule has 4 N–H and O–H groups in total. The lowest BCUT2D eigenvalue weighted by Gasteiger charge is -2.30. The number of benzene rings is 1. The number of halogens is 1. The second kappa shape index (κ2) is 14.1. The molecule has 0 aliphatic carbocycles. The number of aliphatic imine (C=N–C) groups is 1. The maximum atomic E-state index is 11.3. The molecule has 1 aliphatic rings. The van der Waals surface area contributed by atoms with E-state index in [0.717, 1.165) is 64.4 Å². The zero-order chi connectivity index (χ0) is 21.9. The summed E-state index contributed by atoms with van der Waals surface area (Å²) in [6, 6.07) is 10.3. The summed E-state index contributed by atoms with van der Waals surface area (Å²) < 4.78 is 1.93. The van der Waals surface area contributed by atoms with Crippen LogP contribution < -0.4 is 16.4 Å². The van der Waals surface area contributed by atoms with Gasteiger partial charge in [-0.3, -0.25) is 14.5 Å². The van der Waals surface area contributed by atoms with Crippen LogP contribution in [0.15, 0.2) is 47.7 Å². The van der Waals surface area contributed by atoms with Crippen molar-refractivity contribution in [1.29, 1.82) is 0 Å². The number of nitrogens with one attached hydrogen (secondary N) is 2. The van der Waals surface area contributed by atoms with Gasteiger partial charge in [0, 0.05) is 38.4 Å². The van der Waals surface area contributed by atoms with Crippen LogP contribution in [-0.4, -0.2) is 59.8 Å². The van der Waals surface area contributed by atoms with Crippen LogP contribution in [0.5, 0.6) is 0 Å². The molecule has 3 rings (SSSR count). The van der Waals surface area contributed by atoms with Gasteiger partial charge in [0.2, 0.25) is 5.91 Å². The number of aromatic nitrogens is 2. The predicted octanol–water partition coefficient (Wildman–Crippen LogP) is 2.19. The molecule has 9 heteroatoms. The minimum Gasteiger partial charge on any atom is -0.369 e. The van der Waals surface area contributed by atoms with Crippen LogP contribution in [0.4, 0.5) is 0 Å². The summed E-state index contributed by atoms with van der Waals surface area (Å²) in [5.74, 6) is 0.736. The molecular formula is C23H36IN7O. The summed E-state index contributed by atoms with van der Waals surface area (Å²) >= 11 is 0. The molecule has 1 aromatic carbocycles. The molecule has 0 atom stereocenters. The van der Waals surface area contributed by atoms with Crippen molar-refractivity contribution in [2.45, 2.75) is 38.8 Å². The van der Waals surface area contributed by atoms with E-state index in [1.54, 1.807) is 13.2 Å². The van der Waals surface area contributed by atoms with Gasteiger partial charge in [-0.05, 0) is 62.5 Å². The number of guanidine groups is 1. The first-order valence-corrected chi connectivity index (χ1v) is 11.2. The Kier molecular flexibility index (Phi) is 11.5. The van der Waals surface area contributed by atoms with Gasteiger partial charge in [0.25, 0.3) is 0 Å². The topological polar surface area (TPSA) is 101 Å². The van der Waals surface area contributed by atoms with Gasteiger partial charge in [-0.1, -0.05) is 24.3 Å². The molecule has 0 unspecified atom stereocenters. The summed E-state index contributed by atoms with van der Waals surface area (Å²) in [6.07, 6.45) is 7.77. The molecule has 32 heavy (non-hydrogen) atoms. The Hall–Kier alpha value is -2.14. The highest BCUT2D eigenvalue weighted by Gasteiger charge is 2.22. The van der Waals surface area contributed by atoms with E-state index in [4.69, 9.17) is 5.73 Å². The molecule has 2 heterocycles. The smallest absolute Gasteiger partial charge is 0.220 e. The number of carbonyl (C=O) groups excluding carboxylic acids is 1. The quantitative estimate of drug-likeness (QED) is 0.181. The maximum absolute atomic E-state index is 11.3. The minimum absolute atomic E-state index is 0. The highest BCUT2D eigenvalue weighted by molar-refractivity contribution is 14.0. The molecule has 1 aromatic heterocycles. The first kappa shape index (κ1) is 26.1. The summed E-state index contributed by atoms with van der Waals surface area (Å²) in [5, 5.41) is 11.1. The lowest BCUT2D eigenvalue weighted by atomic mass is 9.96. The van der Waals surface area contributed by atoms with Crippen molar-refractivity contribution in [2.24, 2.45) is 16.6 Å². The van der Waals surface area contributed by atoms with Crippen LogP contribution >= 0.6 is 24.0 Å². The van der Waals surface area contributed by atoms with Crippen LogP contribution in [-0.2, 0) is 17.9 Å². The van der Waals surface area contributed by atoms with Gasteiger partial charge in [-0.25, -0.2) is 0 Å². The fraction of sp³-hybridized carbons (Fsp3) is 0.522. The van der Waals surface area contributed by atoms with Crippen LogP contribution in [0.3, 0.4) is 0 Å². The van der Waals surface area contributed by atoms with Gasteiger partial charge in [0.1, 0.15) is 0 Å². The fourth-order valence-corrected chi connectivity index (χ4v) is 3.96. The van der Waals surface area contributed by atoms with Crippen molar-refractivity contribution >= 4 is 35.8 Å². The molecule has 1 aliphatic heterocycles. The monoisotopic (exact) mass is 553 g/mol. The molecule has 8 nitrogen and oxygen atoms in total. The summed E-state index contributed by atoms with van der Waals surface area (Å²) in [6.45, 7) is 5.37. The number of unbranched alkanes of at least 4 members (excludes halogenated alkanes) is 1. The number of carbonyl (C=O) groups is 1. The van der Waals surface area contributed by atoms with E-state index in [1.807, 2.05) is 16.9 Å². The van der Waals surface area contributed by atoms with E-state index in [2.05, 4.69) is 49.9 Å². The first-order chi connectivity index (χ1) is 15.2. The van der Waals surface area contributed by atoms with Crippen molar-refractivity contribution in [3.63, 3.8) is 0 Å². The maximum Gasteiger partial charge on any atom is 0.220 e. The number of nitrogens with two attached hydrogens (primary N) is 1. The normalized spacial score (nSPS) is 15.2. The Morgan fingerprint density at radius 1 is 1.16 bits per heavy atom. The molecule has 0 spiro atoms. The second-order valence-electron chi connectivity index (χ2n) is 8.05. The number of hydrogen-bond acceptors (Lipinski definition) is 4. The van der Waals surface area contributed by atoms with Gasteiger partial charge < -0.3 is 21.3 Å². The lowest BCUT2D eigenvalue weighted by molar-refractivity contribution is -0.123. The third-order valence-electron chi connectivity index (χ3n) is 5.86. The Morgan fingerprint density at radius 2 is 1.91 bits per heavy atom. The predicted molar refractivity (Wildman–Crippen MR) is 139 cm³/mol. The zero-order valence-electron chi connectivity index (χ0n) is 18.9. The molecule has 1 saturated heterocycles. The van der Waals surface area contributed by atoms with Crippen molar-refractivity contribution in [3.05, 3.63) is 53.9 Å². The van der Waals surface area contributed by atoms with Gasteiger partial charge in [0.05, 0.1) is 6.54 Å². The number of primary amides is 1. The van der Waals surface area contributed by atoms with E-state index in [-0.39, 0.29) is 35.8 Å². The summed E-state index contributed by atoms with van der Waals surface area (Å²) in [5.41, 5.74) is 7.89. The Morgan fingerprint density at radius 3 is 2.56 bits per heavy atom. The van der Waals surface area contributed by atoms with E-state index in [1.165, 1.54) is 11.1 Å². The van der Waals surface area contributed by atoms with E-state index in [9.17, 15) is 4.79 Å².